The predicted octanol–water partition coefficient (Wildman–Crippen LogP) is 5.16. The minimum atomic E-state index is 0.620. The molecule has 0 bridgehead atoms. The van der Waals surface area contributed by atoms with E-state index >= 15 is 0 Å². The van der Waals surface area contributed by atoms with E-state index in [1.807, 2.05) is 0 Å². The van der Waals surface area contributed by atoms with E-state index in [1.165, 1.54) is 30.4 Å². The molecular formula is C19H33N. The highest BCUT2D eigenvalue weighted by molar-refractivity contribution is 5.25. The van der Waals surface area contributed by atoms with Crippen molar-refractivity contribution in [2.24, 2.45) is 5.92 Å². The van der Waals surface area contributed by atoms with Crippen molar-refractivity contribution < 1.29 is 0 Å². The molecule has 1 heteroatoms. The Kier molecular flexibility index (Phi) is 7.91. The first kappa shape index (κ1) is 17.2. The third-order valence-electron chi connectivity index (χ3n) is 4.38. The van der Waals surface area contributed by atoms with Crippen molar-refractivity contribution in [3.8, 4) is 0 Å². The largest absolute Gasteiger partial charge is 0.313 e. The Labute approximate surface area is 126 Å². The van der Waals surface area contributed by atoms with E-state index in [9.17, 15) is 0 Å². The molecule has 0 amide bonds. The molecule has 0 heterocycles. The van der Waals surface area contributed by atoms with E-state index in [0.717, 1.165) is 18.9 Å². The van der Waals surface area contributed by atoms with Crippen LogP contribution in [0.15, 0.2) is 24.3 Å². The van der Waals surface area contributed by atoms with Gasteiger partial charge in [-0.2, -0.15) is 0 Å². The summed E-state index contributed by atoms with van der Waals surface area (Å²) in [7, 11) is 0. The van der Waals surface area contributed by atoms with Gasteiger partial charge in [0.25, 0.3) is 0 Å². The van der Waals surface area contributed by atoms with Crippen molar-refractivity contribution in [2.45, 2.75) is 72.3 Å². The second kappa shape index (κ2) is 9.18. The molecule has 0 radical (unpaired) electrons. The van der Waals surface area contributed by atoms with E-state index in [1.54, 1.807) is 0 Å². The van der Waals surface area contributed by atoms with E-state index in [4.69, 9.17) is 0 Å². The maximum atomic E-state index is 3.76. The lowest BCUT2D eigenvalue weighted by molar-refractivity contribution is 0.332. The highest BCUT2D eigenvalue weighted by Crippen LogP contribution is 2.20. The SMILES string of the molecule is CCCNC(Cc1ccc(C(C)C)cc1)C(CC)CC. The van der Waals surface area contributed by atoms with E-state index < -0.39 is 0 Å². The summed E-state index contributed by atoms with van der Waals surface area (Å²) in [4.78, 5) is 0. The van der Waals surface area contributed by atoms with Crippen molar-refractivity contribution >= 4 is 0 Å². The highest BCUT2D eigenvalue weighted by atomic mass is 14.9. The molecule has 1 unspecified atom stereocenters. The molecule has 0 spiro atoms. The first-order chi connectivity index (χ1) is 9.62. The summed E-state index contributed by atoms with van der Waals surface area (Å²) in [5.74, 6) is 1.41. The van der Waals surface area contributed by atoms with Gasteiger partial charge in [0.15, 0.2) is 0 Å². The zero-order valence-electron chi connectivity index (χ0n) is 14.1. The number of rotatable bonds is 9. The zero-order valence-corrected chi connectivity index (χ0v) is 14.1. The van der Waals surface area contributed by atoms with Gasteiger partial charge in [-0.15, -0.1) is 0 Å². The topological polar surface area (TPSA) is 12.0 Å². The quantitative estimate of drug-likeness (QED) is 0.656. The summed E-state index contributed by atoms with van der Waals surface area (Å²) in [6.45, 7) is 12.5. The summed E-state index contributed by atoms with van der Waals surface area (Å²) in [5.41, 5.74) is 2.91. The monoisotopic (exact) mass is 275 g/mol. The van der Waals surface area contributed by atoms with Crippen LogP contribution < -0.4 is 5.32 Å². The van der Waals surface area contributed by atoms with Crippen LogP contribution in [0.1, 0.15) is 70.9 Å². The lowest BCUT2D eigenvalue weighted by Gasteiger charge is -2.27. The van der Waals surface area contributed by atoms with Crippen LogP contribution in [-0.2, 0) is 6.42 Å². The van der Waals surface area contributed by atoms with Gasteiger partial charge >= 0.3 is 0 Å². The lowest BCUT2D eigenvalue weighted by atomic mass is 9.88. The molecule has 0 saturated carbocycles. The van der Waals surface area contributed by atoms with Crippen LogP contribution in [0.4, 0.5) is 0 Å². The summed E-state index contributed by atoms with van der Waals surface area (Å²) < 4.78 is 0. The lowest BCUT2D eigenvalue weighted by Crippen LogP contribution is -2.38. The van der Waals surface area contributed by atoms with Crippen molar-refractivity contribution in [1.29, 1.82) is 0 Å². The summed E-state index contributed by atoms with van der Waals surface area (Å²) in [5, 5.41) is 3.76. The third kappa shape index (κ3) is 5.28. The van der Waals surface area contributed by atoms with Gasteiger partial charge in [0, 0.05) is 6.04 Å². The van der Waals surface area contributed by atoms with Crippen molar-refractivity contribution in [1.82, 2.24) is 5.32 Å². The number of nitrogens with one attached hydrogen (secondary N) is 1. The minimum absolute atomic E-state index is 0.620. The average Bonchev–Trinajstić information content (AvgIpc) is 2.46. The number of hydrogen-bond acceptors (Lipinski definition) is 1. The fourth-order valence-corrected chi connectivity index (χ4v) is 2.89. The molecule has 0 fully saturated rings. The summed E-state index contributed by atoms with van der Waals surface area (Å²) in [6.07, 6.45) is 4.90. The van der Waals surface area contributed by atoms with Gasteiger partial charge in [0.05, 0.1) is 0 Å². The first-order valence-electron chi connectivity index (χ1n) is 8.44. The Bertz CT molecular complexity index is 349. The minimum Gasteiger partial charge on any atom is -0.313 e. The fourth-order valence-electron chi connectivity index (χ4n) is 2.89. The van der Waals surface area contributed by atoms with Crippen LogP contribution in [0.25, 0.3) is 0 Å². The molecule has 1 N–H and O–H groups in total. The van der Waals surface area contributed by atoms with Crippen LogP contribution >= 0.6 is 0 Å². The second-order valence-corrected chi connectivity index (χ2v) is 6.24. The van der Waals surface area contributed by atoms with Crippen LogP contribution in [0.5, 0.6) is 0 Å². The second-order valence-electron chi connectivity index (χ2n) is 6.24. The van der Waals surface area contributed by atoms with Crippen LogP contribution in [0.2, 0.25) is 0 Å². The molecule has 114 valence electrons. The molecule has 0 aliphatic carbocycles. The van der Waals surface area contributed by atoms with Crippen LogP contribution in [-0.4, -0.2) is 12.6 Å². The van der Waals surface area contributed by atoms with Gasteiger partial charge in [-0.1, -0.05) is 71.7 Å². The Balaban J connectivity index is 2.72. The van der Waals surface area contributed by atoms with Gasteiger partial charge in [-0.05, 0) is 42.3 Å². The molecule has 1 rings (SSSR count). The Morgan fingerprint density at radius 3 is 2.00 bits per heavy atom. The zero-order chi connectivity index (χ0) is 15.0. The third-order valence-corrected chi connectivity index (χ3v) is 4.38. The van der Waals surface area contributed by atoms with Crippen LogP contribution in [0, 0.1) is 5.92 Å². The Hall–Kier alpha value is -0.820. The fraction of sp³-hybridized carbons (Fsp3) is 0.684. The Morgan fingerprint density at radius 2 is 1.55 bits per heavy atom. The molecule has 1 atom stereocenters. The highest BCUT2D eigenvalue weighted by Gasteiger charge is 2.18. The van der Waals surface area contributed by atoms with E-state index in [0.29, 0.717) is 12.0 Å². The Morgan fingerprint density at radius 1 is 0.950 bits per heavy atom. The van der Waals surface area contributed by atoms with Gasteiger partial charge in [0.2, 0.25) is 0 Å². The molecule has 20 heavy (non-hydrogen) atoms. The number of hydrogen-bond donors (Lipinski definition) is 1. The van der Waals surface area contributed by atoms with Crippen LogP contribution in [0.3, 0.4) is 0 Å². The first-order valence-corrected chi connectivity index (χ1v) is 8.44. The smallest absolute Gasteiger partial charge is 0.0135 e. The van der Waals surface area contributed by atoms with Gasteiger partial charge in [-0.3, -0.25) is 0 Å². The van der Waals surface area contributed by atoms with Crippen molar-refractivity contribution in [3.05, 3.63) is 35.4 Å². The maximum Gasteiger partial charge on any atom is 0.0135 e. The molecule has 1 nitrogen and oxygen atoms in total. The average molecular weight is 275 g/mol. The molecular weight excluding hydrogens is 242 g/mol. The standard InChI is InChI=1S/C19H33N/c1-6-13-20-19(17(7-2)8-3)14-16-9-11-18(12-10-16)15(4)5/h9-12,15,17,19-20H,6-8,13-14H2,1-5H3. The molecule has 0 aliphatic heterocycles. The van der Waals surface area contributed by atoms with Gasteiger partial charge in [0.1, 0.15) is 0 Å². The normalized spacial score (nSPS) is 13.2. The summed E-state index contributed by atoms with van der Waals surface area (Å²) in [6, 6.07) is 9.85. The molecule has 1 aromatic carbocycles. The van der Waals surface area contributed by atoms with Gasteiger partial charge < -0.3 is 5.32 Å². The molecule has 0 aliphatic rings. The van der Waals surface area contributed by atoms with E-state index in [-0.39, 0.29) is 0 Å². The maximum absolute atomic E-state index is 3.76. The predicted molar refractivity (Wildman–Crippen MR) is 90.4 cm³/mol. The van der Waals surface area contributed by atoms with Crippen molar-refractivity contribution in [3.63, 3.8) is 0 Å². The molecule has 0 saturated heterocycles. The molecule has 0 aromatic heterocycles. The van der Waals surface area contributed by atoms with Gasteiger partial charge in [-0.25, -0.2) is 0 Å². The van der Waals surface area contributed by atoms with E-state index in [2.05, 4.69) is 64.2 Å². The summed E-state index contributed by atoms with van der Waals surface area (Å²) >= 11 is 0. The number of benzene rings is 1. The molecule has 1 aromatic rings. The van der Waals surface area contributed by atoms with Crippen molar-refractivity contribution in [2.75, 3.05) is 6.54 Å².